The number of ether oxygens (including phenoxy) is 4. The molecule has 10 heteroatoms. The van der Waals surface area contributed by atoms with Crippen LogP contribution in [-0.2, 0) is 38.1 Å². The molecule has 0 aliphatic carbocycles. The predicted molar refractivity (Wildman–Crippen MR) is 128 cm³/mol. The quantitative estimate of drug-likeness (QED) is 0.230. The molecule has 0 aromatic heterocycles. The molecule has 0 unspecified atom stereocenters. The Morgan fingerprint density at radius 2 is 0.941 bits per heavy atom. The summed E-state index contributed by atoms with van der Waals surface area (Å²) >= 11 is 0. The van der Waals surface area contributed by atoms with Crippen LogP contribution in [0.2, 0.25) is 0 Å². The van der Waals surface area contributed by atoms with Gasteiger partial charge in [-0.05, 0) is 55.4 Å². The second-order valence-corrected chi connectivity index (χ2v) is 10.1. The lowest BCUT2D eigenvalue weighted by atomic mass is 10.1. The SMILES string of the molecule is CC(=O)C[C@@H](NCCOCCOCCN[C@H](CC(C)=O)C(=O)OC(C)(C)C)C(=O)OC(C)(C)C. The Labute approximate surface area is 203 Å². The van der Waals surface area contributed by atoms with E-state index in [0.29, 0.717) is 39.5 Å². The van der Waals surface area contributed by atoms with Crippen LogP contribution in [0.15, 0.2) is 0 Å². The Morgan fingerprint density at radius 3 is 1.21 bits per heavy atom. The van der Waals surface area contributed by atoms with Crippen LogP contribution in [0.1, 0.15) is 68.2 Å². The molecule has 0 heterocycles. The largest absolute Gasteiger partial charge is 0.459 e. The standard InChI is InChI=1S/C24H44N2O8/c1-17(27)15-19(21(29)33-23(3,4)5)25-9-11-31-13-14-32-12-10-26-20(16-18(2)28)22(30)34-24(6,7)8/h19-20,25-26H,9-16H2,1-8H3/t19-,20-/m1/s1. The van der Waals surface area contributed by atoms with Crippen molar-refractivity contribution in [3.63, 3.8) is 0 Å². The summed E-state index contributed by atoms with van der Waals surface area (Å²) in [4.78, 5) is 47.3. The van der Waals surface area contributed by atoms with Gasteiger partial charge in [-0.1, -0.05) is 0 Å². The van der Waals surface area contributed by atoms with Crippen molar-refractivity contribution in [2.75, 3.05) is 39.5 Å². The number of ketones is 2. The fourth-order valence-corrected chi connectivity index (χ4v) is 2.73. The molecule has 0 spiro atoms. The van der Waals surface area contributed by atoms with E-state index in [-0.39, 0.29) is 24.4 Å². The van der Waals surface area contributed by atoms with Gasteiger partial charge >= 0.3 is 11.9 Å². The summed E-state index contributed by atoms with van der Waals surface area (Å²) in [6, 6.07) is -1.42. The molecule has 0 bridgehead atoms. The van der Waals surface area contributed by atoms with Gasteiger partial charge in [0.25, 0.3) is 0 Å². The maximum Gasteiger partial charge on any atom is 0.324 e. The molecule has 2 N–H and O–H groups in total. The highest BCUT2D eigenvalue weighted by molar-refractivity contribution is 5.85. The molecule has 0 amide bonds. The van der Waals surface area contributed by atoms with Gasteiger partial charge in [0.1, 0.15) is 34.9 Å². The zero-order chi connectivity index (χ0) is 26.4. The van der Waals surface area contributed by atoms with Gasteiger partial charge in [-0.2, -0.15) is 0 Å². The van der Waals surface area contributed by atoms with E-state index in [9.17, 15) is 19.2 Å². The zero-order valence-corrected chi connectivity index (χ0v) is 22.1. The number of nitrogens with one attached hydrogen (secondary N) is 2. The average molecular weight is 489 g/mol. The van der Waals surface area contributed by atoms with E-state index in [1.165, 1.54) is 13.8 Å². The van der Waals surface area contributed by atoms with Crippen molar-refractivity contribution in [1.82, 2.24) is 10.6 Å². The molecular weight excluding hydrogens is 444 g/mol. The first kappa shape index (κ1) is 32.1. The lowest BCUT2D eigenvalue weighted by molar-refractivity contribution is -0.159. The van der Waals surface area contributed by atoms with Gasteiger partial charge in [0, 0.05) is 25.9 Å². The van der Waals surface area contributed by atoms with Gasteiger partial charge < -0.3 is 29.6 Å². The van der Waals surface area contributed by atoms with Gasteiger partial charge in [-0.15, -0.1) is 0 Å². The fraction of sp³-hybridized carbons (Fsp3) is 0.833. The number of carbonyl (C=O) groups is 4. The summed E-state index contributed by atoms with van der Waals surface area (Å²) in [6.45, 7) is 15.6. The third-order valence-corrected chi connectivity index (χ3v) is 4.01. The fourth-order valence-electron chi connectivity index (χ4n) is 2.73. The third-order valence-electron chi connectivity index (χ3n) is 4.01. The van der Waals surface area contributed by atoms with Crippen molar-refractivity contribution in [3.8, 4) is 0 Å². The van der Waals surface area contributed by atoms with Crippen molar-refractivity contribution in [3.05, 3.63) is 0 Å². The topological polar surface area (TPSA) is 129 Å². The molecule has 0 saturated heterocycles. The molecule has 0 radical (unpaired) electrons. The second-order valence-electron chi connectivity index (χ2n) is 10.1. The summed E-state index contributed by atoms with van der Waals surface area (Å²) in [5.74, 6) is -1.15. The van der Waals surface area contributed by atoms with Gasteiger partial charge in [-0.25, -0.2) is 0 Å². The Bertz CT molecular complexity index is 596. The van der Waals surface area contributed by atoms with Crippen LogP contribution in [0.5, 0.6) is 0 Å². The first-order chi connectivity index (χ1) is 15.6. The van der Waals surface area contributed by atoms with Crippen LogP contribution < -0.4 is 10.6 Å². The normalized spacial score (nSPS) is 13.8. The van der Waals surface area contributed by atoms with Crippen LogP contribution in [0.4, 0.5) is 0 Å². The van der Waals surface area contributed by atoms with Crippen molar-refractivity contribution in [2.24, 2.45) is 0 Å². The Hall–Kier alpha value is -1.88. The van der Waals surface area contributed by atoms with Crippen molar-refractivity contribution in [1.29, 1.82) is 0 Å². The third kappa shape index (κ3) is 18.5. The number of esters is 2. The Kier molecular flexibility index (Phi) is 15.0. The van der Waals surface area contributed by atoms with E-state index >= 15 is 0 Å². The van der Waals surface area contributed by atoms with Gasteiger partial charge in [0.05, 0.1) is 26.4 Å². The molecule has 0 rings (SSSR count). The average Bonchev–Trinajstić information content (AvgIpc) is 2.64. The van der Waals surface area contributed by atoms with E-state index in [2.05, 4.69) is 10.6 Å². The van der Waals surface area contributed by atoms with E-state index in [1.54, 1.807) is 41.5 Å². The Morgan fingerprint density at radius 1 is 0.618 bits per heavy atom. The van der Waals surface area contributed by atoms with Crippen LogP contribution in [0, 0.1) is 0 Å². The maximum atomic E-state index is 12.2. The number of hydrogen-bond donors (Lipinski definition) is 2. The van der Waals surface area contributed by atoms with E-state index in [0.717, 1.165) is 0 Å². The summed E-state index contributed by atoms with van der Waals surface area (Å²) in [7, 11) is 0. The summed E-state index contributed by atoms with van der Waals surface area (Å²) in [5.41, 5.74) is -1.26. The second kappa shape index (κ2) is 15.9. The van der Waals surface area contributed by atoms with Gasteiger partial charge in [-0.3, -0.25) is 19.2 Å². The van der Waals surface area contributed by atoms with Crippen LogP contribution in [0.25, 0.3) is 0 Å². The van der Waals surface area contributed by atoms with E-state index < -0.39 is 35.2 Å². The predicted octanol–water partition coefficient (Wildman–Crippen LogP) is 1.58. The molecule has 0 aliphatic heterocycles. The Balaban J connectivity index is 4.12. The van der Waals surface area contributed by atoms with Crippen LogP contribution in [0.3, 0.4) is 0 Å². The van der Waals surface area contributed by atoms with Gasteiger partial charge in [0.2, 0.25) is 0 Å². The van der Waals surface area contributed by atoms with Gasteiger partial charge in [0.15, 0.2) is 0 Å². The maximum absolute atomic E-state index is 12.2. The highest BCUT2D eigenvalue weighted by Gasteiger charge is 2.26. The molecule has 0 aliphatic rings. The first-order valence-corrected chi connectivity index (χ1v) is 11.7. The molecule has 0 aromatic carbocycles. The molecule has 34 heavy (non-hydrogen) atoms. The minimum absolute atomic E-state index is 0.0545. The highest BCUT2D eigenvalue weighted by atomic mass is 16.6. The van der Waals surface area contributed by atoms with Crippen molar-refractivity contribution >= 4 is 23.5 Å². The molecule has 10 nitrogen and oxygen atoms in total. The molecule has 0 fully saturated rings. The lowest BCUT2D eigenvalue weighted by Crippen LogP contribution is -2.43. The number of hydrogen-bond acceptors (Lipinski definition) is 10. The molecule has 198 valence electrons. The summed E-state index contributed by atoms with van der Waals surface area (Å²) < 4.78 is 21.6. The molecular formula is C24H44N2O8. The van der Waals surface area contributed by atoms with E-state index in [4.69, 9.17) is 18.9 Å². The van der Waals surface area contributed by atoms with E-state index in [1.807, 2.05) is 0 Å². The number of Topliss-reactive ketones (excluding diaryl/α,β-unsaturated/α-hetero) is 2. The molecule has 0 aromatic rings. The summed E-state index contributed by atoms with van der Waals surface area (Å²) in [5, 5.41) is 5.99. The highest BCUT2D eigenvalue weighted by Crippen LogP contribution is 2.11. The lowest BCUT2D eigenvalue weighted by Gasteiger charge is -2.24. The minimum Gasteiger partial charge on any atom is -0.459 e. The monoisotopic (exact) mass is 488 g/mol. The van der Waals surface area contributed by atoms with Crippen LogP contribution >= 0.6 is 0 Å². The minimum atomic E-state index is -0.712. The van der Waals surface area contributed by atoms with Crippen molar-refractivity contribution < 1.29 is 38.1 Å². The van der Waals surface area contributed by atoms with Crippen molar-refractivity contribution in [2.45, 2.75) is 91.5 Å². The zero-order valence-electron chi connectivity index (χ0n) is 22.1. The smallest absolute Gasteiger partial charge is 0.324 e. The first-order valence-electron chi connectivity index (χ1n) is 11.7. The van der Waals surface area contributed by atoms with Crippen LogP contribution in [-0.4, -0.2) is 86.3 Å². The number of carbonyl (C=O) groups excluding carboxylic acids is 4. The molecule has 2 atom stereocenters. The number of rotatable bonds is 17. The summed E-state index contributed by atoms with van der Waals surface area (Å²) in [6.07, 6.45) is 0.109. The molecule has 0 saturated carbocycles.